The maximum Gasteiger partial charge on any atom is 0.417 e. The van der Waals surface area contributed by atoms with E-state index in [0.29, 0.717) is 38.0 Å². The Bertz CT molecular complexity index is 851. The zero-order chi connectivity index (χ0) is 19.7. The van der Waals surface area contributed by atoms with Gasteiger partial charge < -0.3 is 5.11 Å². The summed E-state index contributed by atoms with van der Waals surface area (Å²) in [5.41, 5.74) is -0.334. The summed E-state index contributed by atoms with van der Waals surface area (Å²) < 4.78 is 39.3. The van der Waals surface area contributed by atoms with Crippen LogP contribution in [0.4, 0.5) is 13.2 Å². The van der Waals surface area contributed by atoms with Crippen LogP contribution in [-0.4, -0.2) is 23.1 Å². The number of nitrogens with zero attached hydrogens (tertiary/aromatic N) is 2. The Kier molecular flexibility index (Phi) is 5.48. The normalized spacial score (nSPS) is 17.5. The van der Waals surface area contributed by atoms with Crippen LogP contribution in [0.5, 0.6) is 0 Å². The Hall–Kier alpha value is -2.07. The molecule has 7 heteroatoms. The number of rotatable bonds is 3. The summed E-state index contributed by atoms with van der Waals surface area (Å²) in [5.74, 6) is 0. The minimum atomic E-state index is -4.56. The van der Waals surface area contributed by atoms with E-state index in [1.807, 2.05) is 12.1 Å². The molecule has 1 N–H and O–H groups in total. The number of hydrogen-bond acceptors (Lipinski definition) is 3. The van der Waals surface area contributed by atoms with Gasteiger partial charge in [0, 0.05) is 19.6 Å². The third kappa shape index (κ3) is 4.44. The Morgan fingerprint density at radius 3 is 2.30 bits per heavy atom. The van der Waals surface area contributed by atoms with Crippen LogP contribution in [0.3, 0.4) is 0 Å². The van der Waals surface area contributed by atoms with Gasteiger partial charge in [0.05, 0.1) is 27.8 Å². The fourth-order valence-electron chi connectivity index (χ4n) is 3.34. The molecule has 142 valence electrons. The fraction of sp³-hybridized carbons (Fsp3) is 0.350. The molecule has 1 aliphatic heterocycles. The maximum atomic E-state index is 13.1. The van der Waals surface area contributed by atoms with Crippen molar-refractivity contribution >= 4 is 11.6 Å². The van der Waals surface area contributed by atoms with E-state index in [4.69, 9.17) is 16.9 Å². The zero-order valence-corrected chi connectivity index (χ0v) is 15.2. The molecule has 1 fully saturated rings. The highest BCUT2D eigenvalue weighted by Gasteiger charge is 2.38. The van der Waals surface area contributed by atoms with Crippen molar-refractivity contribution in [3.8, 4) is 6.07 Å². The number of aliphatic hydroxyl groups is 1. The van der Waals surface area contributed by atoms with Crippen LogP contribution in [0.2, 0.25) is 5.02 Å². The Morgan fingerprint density at radius 2 is 1.74 bits per heavy atom. The summed E-state index contributed by atoms with van der Waals surface area (Å²) >= 11 is 5.67. The highest BCUT2D eigenvalue weighted by atomic mass is 35.5. The maximum absolute atomic E-state index is 13.1. The van der Waals surface area contributed by atoms with Gasteiger partial charge in [-0.15, -0.1) is 0 Å². The van der Waals surface area contributed by atoms with E-state index in [2.05, 4.69) is 11.0 Å². The number of piperidine rings is 1. The molecule has 1 aliphatic rings. The first-order valence-electron chi connectivity index (χ1n) is 8.52. The molecule has 2 aromatic rings. The molecular weight excluding hydrogens is 377 g/mol. The Morgan fingerprint density at radius 1 is 1.11 bits per heavy atom. The van der Waals surface area contributed by atoms with Crippen LogP contribution >= 0.6 is 11.6 Å². The summed E-state index contributed by atoms with van der Waals surface area (Å²) in [5, 5.41) is 19.4. The molecule has 0 radical (unpaired) electrons. The average Bonchev–Trinajstić information content (AvgIpc) is 2.64. The molecule has 3 rings (SSSR count). The smallest absolute Gasteiger partial charge is 0.385 e. The Labute approximate surface area is 160 Å². The molecule has 0 aliphatic carbocycles. The lowest BCUT2D eigenvalue weighted by molar-refractivity contribution is -0.137. The van der Waals surface area contributed by atoms with Gasteiger partial charge in [-0.3, -0.25) is 4.90 Å². The summed E-state index contributed by atoms with van der Waals surface area (Å²) in [6, 6.07) is 13.0. The van der Waals surface area contributed by atoms with Crippen LogP contribution in [0.1, 0.15) is 35.1 Å². The van der Waals surface area contributed by atoms with E-state index >= 15 is 0 Å². The number of hydrogen-bond donors (Lipinski definition) is 1. The average molecular weight is 395 g/mol. The molecule has 0 atom stereocenters. The van der Waals surface area contributed by atoms with Crippen molar-refractivity contribution in [1.82, 2.24) is 4.90 Å². The van der Waals surface area contributed by atoms with Crippen molar-refractivity contribution in [2.45, 2.75) is 31.2 Å². The lowest BCUT2D eigenvalue weighted by Crippen LogP contribution is -2.42. The first-order valence-corrected chi connectivity index (χ1v) is 8.90. The monoisotopic (exact) mass is 394 g/mol. The summed E-state index contributed by atoms with van der Waals surface area (Å²) in [6.07, 6.45) is -3.88. The zero-order valence-electron chi connectivity index (χ0n) is 14.4. The molecular formula is C20H18ClF3N2O. The van der Waals surface area contributed by atoms with Gasteiger partial charge in [-0.25, -0.2) is 0 Å². The highest BCUT2D eigenvalue weighted by Crippen LogP contribution is 2.40. The number of halogens is 4. The van der Waals surface area contributed by atoms with Gasteiger partial charge in [-0.1, -0.05) is 29.8 Å². The second-order valence-electron chi connectivity index (χ2n) is 6.81. The highest BCUT2D eigenvalue weighted by molar-refractivity contribution is 6.31. The lowest BCUT2D eigenvalue weighted by Gasteiger charge is -2.39. The van der Waals surface area contributed by atoms with Crippen LogP contribution in [0, 0.1) is 11.3 Å². The molecule has 1 heterocycles. The molecule has 0 spiro atoms. The Balaban J connectivity index is 1.69. The predicted octanol–water partition coefficient (Wildman–Crippen LogP) is 4.71. The summed E-state index contributed by atoms with van der Waals surface area (Å²) in [7, 11) is 0. The van der Waals surface area contributed by atoms with Crippen molar-refractivity contribution in [2.24, 2.45) is 0 Å². The van der Waals surface area contributed by atoms with E-state index in [-0.39, 0.29) is 10.6 Å². The van der Waals surface area contributed by atoms with E-state index < -0.39 is 17.3 Å². The van der Waals surface area contributed by atoms with Crippen molar-refractivity contribution in [3.63, 3.8) is 0 Å². The fourth-order valence-corrected chi connectivity index (χ4v) is 3.57. The molecule has 3 nitrogen and oxygen atoms in total. The van der Waals surface area contributed by atoms with Crippen molar-refractivity contribution in [1.29, 1.82) is 5.26 Å². The molecule has 0 saturated carbocycles. The molecule has 2 aromatic carbocycles. The van der Waals surface area contributed by atoms with Gasteiger partial charge >= 0.3 is 6.18 Å². The van der Waals surface area contributed by atoms with E-state index in [1.165, 1.54) is 12.1 Å². The van der Waals surface area contributed by atoms with Crippen LogP contribution in [0.25, 0.3) is 0 Å². The van der Waals surface area contributed by atoms with E-state index in [0.717, 1.165) is 11.6 Å². The summed E-state index contributed by atoms with van der Waals surface area (Å²) in [6.45, 7) is 1.77. The van der Waals surface area contributed by atoms with Crippen LogP contribution in [0.15, 0.2) is 42.5 Å². The predicted molar refractivity (Wildman–Crippen MR) is 96.0 cm³/mol. The molecule has 1 saturated heterocycles. The second kappa shape index (κ2) is 7.51. The standard InChI is InChI=1S/C20H18ClF3N2O/c21-18-6-5-16(11-17(18)20(22,23)24)19(27)7-9-26(10-8-19)13-15-3-1-14(12-25)2-4-15/h1-6,11,27H,7-10,13H2. The number of nitriles is 1. The first kappa shape index (κ1) is 19.7. The summed E-state index contributed by atoms with van der Waals surface area (Å²) in [4.78, 5) is 2.14. The molecule has 0 bridgehead atoms. The van der Waals surface area contributed by atoms with Crippen molar-refractivity contribution < 1.29 is 18.3 Å². The van der Waals surface area contributed by atoms with Gasteiger partial charge in [-0.2, -0.15) is 18.4 Å². The van der Waals surface area contributed by atoms with Crippen LogP contribution in [-0.2, 0) is 18.3 Å². The van der Waals surface area contributed by atoms with Crippen molar-refractivity contribution in [3.05, 3.63) is 69.7 Å². The van der Waals surface area contributed by atoms with Gasteiger partial charge in [0.15, 0.2) is 0 Å². The lowest BCUT2D eigenvalue weighted by atomic mass is 9.83. The van der Waals surface area contributed by atoms with E-state index in [1.54, 1.807) is 12.1 Å². The molecule has 0 aromatic heterocycles. The van der Waals surface area contributed by atoms with Crippen LogP contribution < -0.4 is 0 Å². The molecule has 0 unspecified atom stereocenters. The first-order chi connectivity index (χ1) is 12.7. The van der Waals surface area contributed by atoms with Gasteiger partial charge in [-0.05, 0) is 48.2 Å². The third-order valence-electron chi connectivity index (χ3n) is 4.98. The topological polar surface area (TPSA) is 47.3 Å². The molecule has 0 amide bonds. The largest absolute Gasteiger partial charge is 0.417 e. The number of benzene rings is 2. The quantitative estimate of drug-likeness (QED) is 0.819. The number of alkyl halides is 3. The second-order valence-corrected chi connectivity index (χ2v) is 7.22. The molecule has 27 heavy (non-hydrogen) atoms. The SMILES string of the molecule is N#Cc1ccc(CN2CCC(O)(c3ccc(Cl)c(C(F)(F)F)c3)CC2)cc1. The third-order valence-corrected chi connectivity index (χ3v) is 5.31. The van der Waals surface area contributed by atoms with E-state index in [9.17, 15) is 18.3 Å². The number of likely N-dealkylation sites (tertiary alicyclic amines) is 1. The van der Waals surface area contributed by atoms with Gasteiger partial charge in [0.1, 0.15) is 0 Å². The van der Waals surface area contributed by atoms with Crippen molar-refractivity contribution in [2.75, 3.05) is 13.1 Å². The van der Waals surface area contributed by atoms with Gasteiger partial charge in [0.25, 0.3) is 0 Å². The minimum Gasteiger partial charge on any atom is -0.385 e. The minimum absolute atomic E-state index is 0.247. The van der Waals surface area contributed by atoms with Gasteiger partial charge in [0.2, 0.25) is 0 Å².